The Morgan fingerprint density at radius 3 is 2.70 bits per heavy atom. The van der Waals surface area contributed by atoms with Crippen LogP contribution in [-0.2, 0) is 0 Å². The predicted molar refractivity (Wildman–Crippen MR) is 88.9 cm³/mol. The molecule has 6 nitrogen and oxygen atoms in total. The number of amides is 1. The lowest BCUT2D eigenvalue weighted by atomic mass is 10.2. The Kier molecular flexibility index (Phi) is 6.17. The van der Waals surface area contributed by atoms with E-state index in [9.17, 15) is 4.79 Å². The van der Waals surface area contributed by atoms with Crippen molar-refractivity contribution in [2.24, 2.45) is 0 Å². The van der Waals surface area contributed by atoms with Gasteiger partial charge in [-0.15, -0.1) is 0 Å². The molecule has 0 aliphatic heterocycles. The van der Waals surface area contributed by atoms with E-state index in [-0.39, 0.29) is 11.6 Å². The van der Waals surface area contributed by atoms with E-state index in [2.05, 4.69) is 29.2 Å². The highest BCUT2D eigenvalue weighted by molar-refractivity contribution is 6.03. The van der Waals surface area contributed by atoms with E-state index in [1.807, 2.05) is 18.2 Å². The summed E-state index contributed by atoms with van der Waals surface area (Å²) >= 11 is 0. The molecule has 0 fully saturated rings. The third kappa shape index (κ3) is 4.82. The zero-order valence-corrected chi connectivity index (χ0v) is 13.8. The lowest BCUT2D eigenvalue weighted by Crippen LogP contribution is -2.28. The molecule has 124 valence electrons. The molecular formula is C17H23N3O3. The fourth-order valence-corrected chi connectivity index (χ4v) is 2.18. The van der Waals surface area contributed by atoms with Crippen molar-refractivity contribution in [3.8, 4) is 5.75 Å². The van der Waals surface area contributed by atoms with Crippen LogP contribution in [0.1, 0.15) is 30.1 Å². The SMILES string of the molecule is CCN(CC)CCOc1ccccc1NC(=O)c1cc(C)on1. The van der Waals surface area contributed by atoms with E-state index < -0.39 is 0 Å². The zero-order valence-electron chi connectivity index (χ0n) is 13.8. The molecule has 0 aliphatic rings. The van der Waals surface area contributed by atoms with Crippen LogP contribution in [0.25, 0.3) is 0 Å². The van der Waals surface area contributed by atoms with Gasteiger partial charge in [-0.1, -0.05) is 31.1 Å². The molecule has 0 bridgehead atoms. The molecule has 0 atom stereocenters. The number of aryl methyl sites for hydroxylation is 1. The minimum absolute atomic E-state index is 0.250. The third-order valence-corrected chi connectivity index (χ3v) is 3.56. The van der Waals surface area contributed by atoms with Gasteiger partial charge in [-0.2, -0.15) is 0 Å². The van der Waals surface area contributed by atoms with Crippen LogP contribution in [0.5, 0.6) is 5.75 Å². The van der Waals surface area contributed by atoms with Crippen molar-refractivity contribution in [2.75, 3.05) is 31.6 Å². The zero-order chi connectivity index (χ0) is 16.7. The Hall–Kier alpha value is -2.34. The van der Waals surface area contributed by atoms with E-state index in [4.69, 9.17) is 9.26 Å². The van der Waals surface area contributed by atoms with Gasteiger partial charge in [0.05, 0.1) is 5.69 Å². The highest BCUT2D eigenvalue weighted by Gasteiger charge is 2.13. The second-order valence-electron chi connectivity index (χ2n) is 5.15. The van der Waals surface area contributed by atoms with Gasteiger partial charge in [0, 0.05) is 12.6 Å². The molecule has 6 heteroatoms. The smallest absolute Gasteiger partial charge is 0.277 e. The first kappa shape index (κ1) is 17.0. The average Bonchev–Trinajstić information content (AvgIpc) is 3.00. The largest absolute Gasteiger partial charge is 0.490 e. The summed E-state index contributed by atoms with van der Waals surface area (Å²) in [4.78, 5) is 14.4. The van der Waals surface area contributed by atoms with Gasteiger partial charge in [0.15, 0.2) is 5.69 Å². The second kappa shape index (κ2) is 8.33. The number of aromatic nitrogens is 1. The Labute approximate surface area is 136 Å². The minimum atomic E-state index is -0.318. The highest BCUT2D eigenvalue weighted by Crippen LogP contribution is 2.24. The van der Waals surface area contributed by atoms with Crippen LogP contribution in [-0.4, -0.2) is 42.2 Å². The summed E-state index contributed by atoms with van der Waals surface area (Å²) < 4.78 is 10.7. The number of nitrogens with one attached hydrogen (secondary N) is 1. The summed E-state index contributed by atoms with van der Waals surface area (Å²) in [5.41, 5.74) is 0.873. The summed E-state index contributed by atoms with van der Waals surface area (Å²) in [5, 5.41) is 6.52. The first-order valence-electron chi connectivity index (χ1n) is 7.82. The monoisotopic (exact) mass is 317 g/mol. The Bertz CT molecular complexity index is 636. The maximum Gasteiger partial charge on any atom is 0.277 e. The van der Waals surface area contributed by atoms with Crippen LogP contribution in [0.3, 0.4) is 0 Å². The number of carbonyl (C=O) groups excluding carboxylic acids is 1. The molecule has 23 heavy (non-hydrogen) atoms. The average molecular weight is 317 g/mol. The van der Waals surface area contributed by atoms with Crippen molar-refractivity contribution in [3.63, 3.8) is 0 Å². The van der Waals surface area contributed by atoms with Crippen molar-refractivity contribution in [3.05, 3.63) is 41.8 Å². The van der Waals surface area contributed by atoms with Gasteiger partial charge in [0.1, 0.15) is 18.1 Å². The lowest BCUT2D eigenvalue weighted by Gasteiger charge is -2.19. The molecule has 0 unspecified atom stereocenters. The van der Waals surface area contributed by atoms with Crippen LogP contribution >= 0.6 is 0 Å². The van der Waals surface area contributed by atoms with E-state index in [0.29, 0.717) is 23.8 Å². The summed E-state index contributed by atoms with van der Waals surface area (Å²) in [5.74, 6) is 0.925. The molecule has 1 N–H and O–H groups in total. The van der Waals surface area contributed by atoms with Crippen molar-refractivity contribution >= 4 is 11.6 Å². The maximum absolute atomic E-state index is 12.2. The Morgan fingerprint density at radius 1 is 1.30 bits per heavy atom. The molecule has 1 aromatic heterocycles. The minimum Gasteiger partial charge on any atom is -0.490 e. The number of hydrogen-bond donors (Lipinski definition) is 1. The highest BCUT2D eigenvalue weighted by atomic mass is 16.5. The second-order valence-corrected chi connectivity index (χ2v) is 5.15. The van der Waals surface area contributed by atoms with Crippen LogP contribution in [0.2, 0.25) is 0 Å². The summed E-state index contributed by atoms with van der Waals surface area (Å²) in [6.45, 7) is 9.38. The molecule has 1 aromatic carbocycles. The van der Waals surface area contributed by atoms with Crippen molar-refractivity contribution in [1.29, 1.82) is 0 Å². The van der Waals surface area contributed by atoms with Crippen LogP contribution in [0.4, 0.5) is 5.69 Å². The summed E-state index contributed by atoms with van der Waals surface area (Å²) in [6, 6.07) is 8.96. The number of likely N-dealkylation sites (N-methyl/N-ethyl adjacent to an activating group) is 1. The fraction of sp³-hybridized carbons (Fsp3) is 0.412. The van der Waals surface area contributed by atoms with E-state index in [0.717, 1.165) is 19.6 Å². The Morgan fingerprint density at radius 2 is 2.04 bits per heavy atom. The van der Waals surface area contributed by atoms with Crippen LogP contribution in [0, 0.1) is 6.92 Å². The van der Waals surface area contributed by atoms with Gasteiger partial charge in [0.2, 0.25) is 0 Å². The standard InChI is InChI=1S/C17H23N3O3/c1-4-20(5-2)10-11-22-16-9-7-6-8-14(16)18-17(21)15-12-13(3)23-19-15/h6-9,12H,4-5,10-11H2,1-3H3,(H,18,21). The molecule has 0 saturated carbocycles. The number of para-hydroxylation sites is 2. The number of rotatable bonds is 8. The molecule has 0 spiro atoms. The van der Waals surface area contributed by atoms with Crippen LogP contribution in [0.15, 0.2) is 34.9 Å². The van der Waals surface area contributed by atoms with Crippen molar-refractivity contribution in [2.45, 2.75) is 20.8 Å². The van der Waals surface area contributed by atoms with Crippen molar-refractivity contribution in [1.82, 2.24) is 10.1 Å². The molecule has 1 heterocycles. The van der Waals surface area contributed by atoms with E-state index in [1.165, 1.54) is 0 Å². The molecule has 0 aliphatic carbocycles. The van der Waals surface area contributed by atoms with E-state index >= 15 is 0 Å². The number of benzene rings is 1. The van der Waals surface area contributed by atoms with Gasteiger partial charge in [-0.05, 0) is 32.1 Å². The van der Waals surface area contributed by atoms with E-state index in [1.54, 1.807) is 19.1 Å². The number of hydrogen-bond acceptors (Lipinski definition) is 5. The van der Waals surface area contributed by atoms with Gasteiger partial charge in [-0.25, -0.2) is 0 Å². The lowest BCUT2D eigenvalue weighted by molar-refractivity contribution is 0.101. The normalized spacial score (nSPS) is 10.8. The number of nitrogens with zero attached hydrogens (tertiary/aromatic N) is 2. The Balaban J connectivity index is 1.98. The quantitative estimate of drug-likeness (QED) is 0.811. The van der Waals surface area contributed by atoms with Gasteiger partial charge in [-0.3, -0.25) is 4.79 Å². The molecule has 2 aromatic rings. The third-order valence-electron chi connectivity index (χ3n) is 3.56. The molecule has 1 amide bonds. The van der Waals surface area contributed by atoms with Crippen molar-refractivity contribution < 1.29 is 14.1 Å². The summed E-state index contributed by atoms with van der Waals surface area (Å²) in [7, 11) is 0. The fourth-order valence-electron chi connectivity index (χ4n) is 2.18. The molecule has 0 saturated heterocycles. The first-order valence-corrected chi connectivity index (χ1v) is 7.82. The van der Waals surface area contributed by atoms with Gasteiger partial charge >= 0.3 is 0 Å². The predicted octanol–water partition coefficient (Wildman–Crippen LogP) is 2.96. The number of ether oxygens (including phenoxy) is 1. The molecule has 2 rings (SSSR count). The van der Waals surface area contributed by atoms with Gasteiger partial charge < -0.3 is 19.5 Å². The topological polar surface area (TPSA) is 67.6 Å². The number of carbonyl (C=O) groups is 1. The molecular weight excluding hydrogens is 294 g/mol. The summed E-state index contributed by atoms with van der Waals surface area (Å²) in [6.07, 6.45) is 0. The van der Waals surface area contributed by atoms with Crippen LogP contribution < -0.4 is 10.1 Å². The maximum atomic E-state index is 12.2. The molecule has 0 radical (unpaired) electrons. The number of anilines is 1. The first-order chi connectivity index (χ1) is 11.1. The van der Waals surface area contributed by atoms with Gasteiger partial charge in [0.25, 0.3) is 5.91 Å².